The standard InChI is InChI=1S/C16H25N/c1-6-15(17-16(3,4)5)12-11-14-9-7-13(2)8-10-14/h7-12,15,17H,6H2,1-5H3/b12-11+. The molecule has 0 aromatic heterocycles. The van der Waals surface area contributed by atoms with Gasteiger partial charge in [-0.15, -0.1) is 0 Å². The van der Waals surface area contributed by atoms with Crippen molar-refractivity contribution >= 4 is 6.08 Å². The van der Waals surface area contributed by atoms with Crippen LogP contribution in [0.1, 0.15) is 45.2 Å². The van der Waals surface area contributed by atoms with Crippen molar-refractivity contribution in [3.63, 3.8) is 0 Å². The molecule has 0 aliphatic carbocycles. The maximum atomic E-state index is 3.60. The molecule has 0 aliphatic rings. The van der Waals surface area contributed by atoms with E-state index in [1.165, 1.54) is 11.1 Å². The molecule has 0 amide bonds. The van der Waals surface area contributed by atoms with Gasteiger partial charge in [-0.1, -0.05) is 48.9 Å². The van der Waals surface area contributed by atoms with Crippen LogP contribution in [0.25, 0.3) is 6.08 Å². The van der Waals surface area contributed by atoms with Gasteiger partial charge in [-0.3, -0.25) is 0 Å². The van der Waals surface area contributed by atoms with E-state index in [1.807, 2.05) is 0 Å². The molecule has 0 bridgehead atoms. The van der Waals surface area contributed by atoms with Gasteiger partial charge in [-0.05, 0) is 39.7 Å². The van der Waals surface area contributed by atoms with Crippen LogP contribution in [0.3, 0.4) is 0 Å². The Bertz CT molecular complexity index is 354. The molecule has 1 unspecified atom stereocenters. The Balaban J connectivity index is 2.64. The normalized spacial score (nSPS) is 14.2. The Morgan fingerprint density at radius 2 is 1.76 bits per heavy atom. The van der Waals surface area contributed by atoms with Crippen LogP contribution in [0.2, 0.25) is 0 Å². The topological polar surface area (TPSA) is 12.0 Å². The third-order valence-electron chi connectivity index (χ3n) is 2.66. The summed E-state index contributed by atoms with van der Waals surface area (Å²) in [5.41, 5.74) is 2.74. The van der Waals surface area contributed by atoms with E-state index in [0.29, 0.717) is 6.04 Å². The third kappa shape index (κ3) is 5.69. The molecular formula is C16H25N. The summed E-state index contributed by atoms with van der Waals surface area (Å²) in [5, 5.41) is 3.60. The smallest absolute Gasteiger partial charge is 0.0255 e. The minimum Gasteiger partial charge on any atom is -0.306 e. The zero-order valence-electron chi connectivity index (χ0n) is 11.7. The molecule has 1 aromatic rings. The highest BCUT2D eigenvalue weighted by Gasteiger charge is 2.13. The fraction of sp³-hybridized carbons (Fsp3) is 0.500. The zero-order valence-corrected chi connectivity index (χ0v) is 11.7. The van der Waals surface area contributed by atoms with E-state index in [9.17, 15) is 0 Å². The van der Waals surface area contributed by atoms with E-state index in [-0.39, 0.29) is 5.54 Å². The molecular weight excluding hydrogens is 206 g/mol. The largest absolute Gasteiger partial charge is 0.306 e. The molecule has 1 N–H and O–H groups in total. The molecule has 1 nitrogen and oxygen atoms in total. The Kier molecular flexibility index (Phi) is 4.95. The average Bonchev–Trinajstić information content (AvgIpc) is 2.25. The maximum absolute atomic E-state index is 3.60. The second-order valence-corrected chi connectivity index (χ2v) is 5.68. The van der Waals surface area contributed by atoms with Gasteiger partial charge in [0.2, 0.25) is 0 Å². The van der Waals surface area contributed by atoms with Crippen molar-refractivity contribution in [2.45, 2.75) is 52.6 Å². The third-order valence-corrected chi connectivity index (χ3v) is 2.66. The molecule has 1 atom stereocenters. The van der Waals surface area contributed by atoms with Crippen molar-refractivity contribution < 1.29 is 0 Å². The van der Waals surface area contributed by atoms with Crippen molar-refractivity contribution in [2.75, 3.05) is 0 Å². The first-order chi connectivity index (χ1) is 7.90. The Morgan fingerprint density at radius 3 is 2.24 bits per heavy atom. The van der Waals surface area contributed by atoms with Crippen LogP contribution in [0.5, 0.6) is 0 Å². The van der Waals surface area contributed by atoms with Crippen molar-refractivity contribution in [1.29, 1.82) is 0 Å². The van der Waals surface area contributed by atoms with Crippen LogP contribution in [0.15, 0.2) is 30.3 Å². The van der Waals surface area contributed by atoms with Crippen molar-refractivity contribution in [3.8, 4) is 0 Å². The highest BCUT2D eigenvalue weighted by atomic mass is 15.0. The lowest BCUT2D eigenvalue weighted by Gasteiger charge is -2.25. The summed E-state index contributed by atoms with van der Waals surface area (Å²) in [6.45, 7) is 10.9. The van der Waals surface area contributed by atoms with Gasteiger partial charge in [-0.2, -0.15) is 0 Å². The van der Waals surface area contributed by atoms with E-state index in [2.05, 4.69) is 76.4 Å². The fourth-order valence-electron chi connectivity index (χ4n) is 1.75. The average molecular weight is 231 g/mol. The Labute approximate surface area is 106 Å². The molecule has 0 saturated carbocycles. The molecule has 0 aliphatic heterocycles. The van der Waals surface area contributed by atoms with Gasteiger partial charge >= 0.3 is 0 Å². The van der Waals surface area contributed by atoms with Crippen molar-refractivity contribution in [3.05, 3.63) is 41.5 Å². The molecule has 0 spiro atoms. The molecule has 0 heterocycles. The first-order valence-electron chi connectivity index (χ1n) is 6.43. The number of aryl methyl sites for hydroxylation is 1. The maximum Gasteiger partial charge on any atom is 0.0255 e. The summed E-state index contributed by atoms with van der Waals surface area (Å²) >= 11 is 0. The van der Waals surface area contributed by atoms with Gasteiger partial charge < -0.3 is 5.32 Å². The van der Waals surface area contributed by atoms with E-state index in [1.54, 1.807) is 0 Å². The van der Waals surface area contributed by atoms with Gasteiger partial charge in [0.05, 0.1) is 0 Å². The van der Waals surface area contributed by atoms with Gasteiger partial charge in [-0.25, -0.2) is 0 Å². The SMILES string of the molecule is CCC(/C=C/c1ccc(C)cc1)NC(C)(C)C. The van der Waals surface area contributed by atoms with E-state index in [0.717, 1.165) is 6.42 Å². The first-order valence-corrected chi connectivity index (χ1v) is 6.43. The van der Waals surface area contributed by atoms with Crippen LogP contribution in [-0.2, 0) is 0 Å². The molecule has 94 valence electrons. The minimum atomic E-state index is 0.165. The second-order valence-electron chi connectivity index (χ2n) is 5.68. The first kappa shape index (κ1) is 14.0. The van der Waals surface area contributed by atoms with Crippen molar-refractivity contribution in [1.82, 2.24) is 5.32 Å². The van der Waals surface area contributed by atoms with E-state index >= 15 is 0 Å². The lowest BCUT2D eigenvalue weighted by Crippen LogP contribution is -2.42. The Hall–Kier alpha value is -1.08. The van der Waals surface area contributed by atoms with Gasteiger partial charge in [0.1, 0.15) is 0 Å². The highest BCUT2D eigenvalue weighted by molar-refractivity contribution is 5.50. The van der Waals surface area contributed by atoms with E-state index in [4.69, 9.17) is 0 Å². The lowest BCUT2D eigenvalue weighted by molar-refractivity contribution is 0.386. The summed E-state index contributed by atoms with van der Waals surface area (Å²) in [6.07, 6.45) is 5.57. The van der Waals surface area contributed by atoms with E-state index < -0.39 is 0 Å². The lowest BCUT2D eigenvalue weighted by atomic mass is 10.0. The molecule has 1 rings (SSSR count). The summed E-state index contributed by atoms with van der Waals surface area (Å²) in [7, 11) is 0. The summed E-state index contributed by atoms with van der Waals surface area (Å²) in [6, 6.07) is 9.07. The summed E-state index contributed by atoms with van der Waals surface area (Å²) < 4.78 is 0. The molecule has 0 radical (unpaired) electrons. The van der Waals surface area contributed by atoms with Crippen LogP contribution < -0.4 is 5.32 Å². The minimum absolute atomic E-state index is 0.165. The number of hydrogen-bond donors (Lipinski definition) is 1. The van der Waals surface area contributed by atoms with Gasteiger partial charge in [0.25, 0.3) is 0 Å². The summed E-state index contributed by atoms with van der Waals surface area (Å²) in [5.74, 6) is 0. The fourth-order valence-corrected chi connectivity index (χ4v) is 1.75. The predicted molar refractivity (Wildman–Crippen MR) is 77.2 cm³/mol. The molecule has 1 heteroatoms. The van der Waals surface area contributed by atoms with Gasteiger partial charge in [0, 0.05) is 11.6 Å². The quantitative estimate of drug-likeness (QED) is 0.820. The van der Waals surface area contributed by atoms with Crippen LogP contribution in [0.4, 0.5) is 0 Å². The van der Waals surface area contributed by atoms with Gasteiger partial charge in [0.15, 0.2) is 0 Å². The monoisotopic (exact) mass is 231 g/mol. The van der Waals surface area contributed by atoms with Crippen LogP contribution in [-0.4, -0.2) is 11.6 Å². The predicted octanol–water partition coefficient (Wildman–Crippen LogP) is 4.17. The second kappa shape index (κ2) is 6.02. The number of hydrogen-bond acceptors (Lipinski definition) is 1. The number of nitrogens with one attached hydrogen (secondary N) is 1. The summed E-state index contributed by atoms with van der Waals surface area (Å²) in [4.78, 5) is 0. The molecule has 1 aromatic carbocycles. The zero-order chi connectivity index (χ0) is 12.9. The number of rotatable bonds is 4. The molecule has 0 saturated heterocycles. The molecule has 0 fully saturated rings. The Morgan fingerprint density at radius 1 is 1.18 bits per heavy atom. The number of benzene rings is 1. The van der Waals surface area contributed by atoms with Crippen LogP contribution >= 0.6 is 0 Å². The van der Waals surface area contributed by atoms with Crippen molar-refractivity contribution in [2.24, 2.45) is 0 Å². The highest BCUT2D eigenvalue weighted by Crippen LogP contribution is 2.09. The molecule has 17 heavy (non-hydrogen) atoms. The van der Waals surface area contributed by atoms with Crippen LogP contribution in [0, 0.1) is 6.92 Å².